The maximum Gasteiger partial charge on any atom is 0.251 e. The highest BCUT2D eigenvalue weighted by atomic mass is 32.1. The average molecular weight is 289 g/mol. The van der Waals surface area contributed by atoms with Crippen LogP contribution in [0, 0.1) is 17.7 Å². The zero-order valence-electron chi connectivity index (χ0n) is 10.5. The largest absolute Gasteiger partial charge is 0.384 e. The SMILES string of the molecule is O=C(NCc1cccs1)c1ccc(C#CCO)c(F)c1. The first-order valence-electron chi connectivity index (χ1n) is 5.90. The summed E-state index contributed by atoms with van der Waals surface area (Å²) in [7, 11) is 0. The van der Waals surface area contributed by atoms with E-state index in [1.54, 1.807) is 11.3 Å². The molecule has 0 aliphatic rings. The number of aliphatic hydroxyl groups is 1. The van der Waals surface area contributed by atoms with Gasteiger partial charge in [-0.1, -0.05) is 17.9 Å². The van der Waals surface area contributed by atoms with Crippen LogP contribution in [-0.2, 0) is 6.54 Å². The van der Waals surface area contributed by atoms with E-state index < -0.39 is 5.82 Å². The molecule has 0 saturated carbocycles. The lowest BCUT2D eigenvalue weighted by molar-refractivity contribution is 0.0951. The van der Waals surface area contributed by atoms with Gasteiger partial charge in [0.2, 0.25) is 0 Å². The van der Waals surface area contributed by atoms with Crippen molar-refractivity contribution in [3.05, 3.63) is 57.5 Å². The van der Waals surface area contributed by atoms with E-state index in [0.717, 1.165) is 10.9 Å². The third kappa shape index (κ3) is 3.67. The molecule has 0 atom stereocenters. The molecule has 1 aromatic carbocycles. The number of benzene rings is 1. The van der Waals surface area contributed by atoms with Crippen LogP contribution >= 0.6 is 11.3 Å². The molecular weight excluding hydrogens is 277 g/mol. The number of carbonyl (C=O) groups is 1. The third-order valence-electron chi connectivity index (χ3n) is 2.54. The van der Waals surface area contributed by atoms with Gasteiger partial charge in [0.25, 0.3) is 5.91 Å². The molecule has 2 rings (SSSR count). The van der Waals surface area contributed by atoms with E-state index in [1.807, 2.05) is 17.5 Å². The molecule has 102 valence electrons. The van der Waals surface area contributed by atoms with Gasteiger partial charge in [0, 0.05) is 10.4 Å². The van der Waals surface area contributed by atoms with Crippen molar-refractivity contribution in [1.29, 1.82) is 0 Å². The van der Waals surface area contributed by atoms with Gasteiger partial charge in [-0.2, -0.15) is 0 Å². The fraction of sp³-hybridized carbons (Fsp3) is 0.133. The first-order valence-corrected chi connectivity index (χ1v) is 6.78. The summed E-state index contributed by atoms with van der Waals surface area (Å²) in [5.41, 5.74) is 0.405. The smallest absolute Gasteiger partial charge is 0.251 e. The van der Waals surface area contributed by atoms with Crippen molar-refractivity contribution in [3.63, 3.8) is 0 Å². The van der Waals surface area contributed by atoms with Crippen molar-refractivity contribution < 1.29 is 14.3 Å². The van der Waals surface area contributed by atoms with E-state index in [9.17, 15) is 9.18 Å². The van der Waals surface area contributed by atoms with E-state index in [0.29, 0.717) is 6.54 Å². The number of rotatable bonds is 3. The second-order valence-corrected chi connectivity index (χ2v) is 4.95. The Kier molecular flexibility index (Phi) is 4.88. The lowest BCUT2D eigenvalue weighted by atomic mass is 10.1. The molecule has 20 heavy (non-hydrogen) atoms. The molecule has 0 saturated heterocycles. The molecule has 0 aliphatic carbocycles. The third-order valence-corrected chi connectivity index (χ3v) is 3.41. The second-order valence-electron chi connectivity index (χ2n) is 3.92. The zero-order chi connectivity index (χ0) is 14.4. The van der Waals surface area contributed by atoms with E-state index in [1.165, 1.54) is 12.1 Å². The van der Waals surface area contributed by atoms with Gasteiger partial charge in [-0.05, 0) is 29.6 Å². The van der Waals surface area contributed by atoms with Gasteiger partial charge >= 0.3 is 0 Å². The van der Waals surface area contributed by atoms with Crippen LogP contribution in [0.1, 0.15) is 20.8 Å². The number of halogens is 1. The van der Waals surface area contributed by atoms with Crippen LogP contribution in [0.4, 0.5) is 4.39 Å². The van der Waals surface area contributed by atoms with Crippen molar-refractivity contribution in [2.75, 3.05) is 6.61 Å². The van der Waals surface area contributed by atoms with Gasteiger partial charge in [0.1, 0.15) is 12.4 Å². The Hall–Kier alpha value is -2.16. The van der Waals surface area contributed by atoms with Crippen molar-refractivity contribution in [2.24, 2.45) is 0 Å². The molecule has 0 bridgehead atoms. The molecule has 1 heterocycles. The molecule has 0 radical (unpaired) electrons. The first-order chi connectivity index (χ1) is 9.70. The number of thiophene rings is 1. The van der Waals surface area contributed by atoms with Crippen molar-refractivity contribution >= 4 is 17.2 Å². The van der Waals surface area contributed by atoms with Crippen molar-refractivity contribution in [1.82, 2.24) is 5.32 Å². The Bertz CT molecular complexity index is 656. The Morgan fingerprint density at radius 1 is 1.40 bits per heavy atom. The summed E-state index contributed by atoms with van der Waals surface area (Å²) in [6.45, 7) is 0.0900. The molecule has 0 fully saturated rings. The predicted molar refractivity (Wildman–Crippen MR) is 75.9 cm³/mol. The van der Waals surface area contributed by atoms with E-state index in [2.05, 4.69) is 17.2 Å². The van der Waals surface area contributed by atoms with Gasteiger partial charge in [-0.15, -0.1) is 11.3 Å². The molecule has 2 N–H and O–H groups in total. The number of amides is 1. The van der Waals surface area contributed by atoms with E-state index in [4.69, 9.17) is 5.11 Å². The highest BCUT2D eigenvalue weighted by Gasteiger charge is 2.08. The summed E-state index contributed by atoms with van der Waals surface area (Å²) in [5, 5.41) is 13.2. The van der Waals surface area contributed by atoms with Gasteiger partial charge < -0.3 is 10.4 Å². The molecule has 0 aliphatic heterocycles. The lowest BCUT2D eigenvalue weighted by Crippen LogP contribution is -2.22. The maximum atomic E-state index is 13.7. The monoisotopic (exact) mass is 289 g/mol. The Morgan fingerprint density at radius 3 is 2.90 bits per heavy atom. The Labute approximate surface area is 120 Å². The average Bonchev–Trinajstić information content (AvgIpc) is 2.96. The molecule has 1 aromatic heterocycles. The Balaban J connectivity index is 2.05. The van der Waals surface area contributed by atoms with Gasteiger partial charge in [0.05, 0.1) is 12.1 Å². The fourth-order valence-corrected chi connectivity index (χ4v) is 2.22. The minimum Gasteiger partial charge on any atom is -0.384 e. The van der Waals surface area contributed by atoms with E-state index >= 15 is 0 Å². The number of hydrogen-bond donors (Lipinski definition) is 2. The summed E-state index contributed by atoms with van der Waals surface area (Å²) in [6, 6.07) is 7.90. The van der Waals surface area contributed by atoms with Gasteiger partial charge in [-0.3, -0.25) is 4.79 Å². The van der Waals surface area contributed by atoms with Crippen molar-refractivity contribution in [2.45, 2.75) is 6.54 Å². The van der Waals surface area contributed by atoms with E-state index in [-0.39, 0.29) is 23.6 Å². The minimum atomic E-state index is -0.574. The van der Waals surface area contributed by atoms with Crippen LogP contribution in [0.15, 0.2) is 35.7 Å². The zero-order valence-corrected chi connectivity index (χ0v) is 11.3. The van der Waals surface area contributed by atoms with Crippen LogP contribution < -0.4 is 5.32 Å². The molecule has 0 spiro atoms. The van der Waals surface area contributed by atoms with Gasteiger partial charge in [-0.25, -0.2) is 4.39 Å². The maximum absolute atomic E-state index is 13.7. The number of nitrogens with one attached hydrogen (secondary N) is 1. The minimum absolute atomic E-state index is 0.161. The molecule has 2 aromatic rings. The quantitative estimate of drug-likeness (QED) is 0.851. The predicted octanol–water partition coefficient (Wildman–Crippen LogP) is 2.16. The number of aliphatic hydroxyl groups excluding tert-OH is 1. The number of hydrogen-bond acceptors (Lipinski definition) is 3. The standard InChI is InChI=1S/C15H12FNO2S/c16-14-9-12(6-5-11(14)3-1-7-18)15(19)17-10-13-4-2-8-20-13/h2,4-6,8-9,18H,7,10H2,(H,17,19). The summed E-state index contributed by atoms with van der Waals surface area (Å²) >= 11 is 1.54. The normalized spacial score (nSPS) is 9.70. The summed E-state index contributed by atoms with van der Waals surface area (Å²) < 4.78 is 13.7. The highest BCUT2D eigenvalue weighted by molar-refractivity contribution is 7.09. The number of carbonyl (C=O) groups excluding carboxylic acids is 1. The molecule has 3 nitrogen and oxygen atoms in total. The fourth-order valence-electron chi connectivity index (χ4n) is 1.58. The molecule has 1 amide bonds. The van der Waals surface area contributed by atoms with Crippen LogP contribution in [0.3, 0.4) is 0 Å². The highest BCUT2D eigenvalue weighted by Crippen LogP contribution is 2.11. The lowest BCUT2D eigenvalue weighted by Gasteiger charge is -2.04. The topological polar surface area (TPSA) is 49.3 Å². The molecular formula is C15H12FNO2S. The van der Waals surface area contributed by atoms with Crippen LogP contribution in [0.5, 0.6) is 0 Å². The summed E-state index contributed by atoms with van der Waals surface area (Å²) in [5.74, 6) is 3.93. The second kappa shape index (κ2) is 6.85. The first kappa shape index (κ1) is 14.3. The Morgan fingerprint density at radius 2 is 2.25 bits per heavy atom. The van der Waals surface area contributed by atoms with Crippen molar-refractivity contribution in [3.8, 4) is 11.8 Å². The molecule has 0 unspecified atom stereocenters. The van der Waals surface area contributed by atoms with Crippen LogP contribution in [0.25, 0.3) is 0 Å². The molecule has 5 heteroatoms. The van der Waals surface area contributed by atoms with Crippen LogP contribution in [-0.4, -0.2) is 17.6 Å². The summed E-state index contributed by atoms with van der Waals surface area (Å²) in [4.78, 5) is 12.9. The van der Waals surface area contributed by atoms with Gasteiger partial charge in [0.15, 0.2) is 0 Å². The summed E-state index contributed by atoms with van der Waals surface area (Å²) in [6.07, 6.45) is 0. The van der Waals surface area contributed by atoms with Crippen LogP contribution in [0.2, 0.25) is 0 Å².